The quantitative estimate of drug-likeness (QED) is 0.820. The zero-order chi connectivity index (χ0) is 12.3. The van der Waals surface area contributed by atoms with Gasteiger partial charge >= 0.3 is 5.97 Å². The Morgan fingerprint density at radius 2 is 2.25 bits per heavy atom. The van der Waals surface area contributed by atoms with Crippen molar-refractivity contribution >= 4 is 11.9 Å². The fourth-order valence-corrected chi connectivity index (χ4v) is 1.22. The summed E-state index contributed by atoms with van der Waals surface area (Å²) < 4.78 is 5.06. The second-order valence-electron chi connectivity index (χ2n) is 3.67. The maximum Gasteiger partial charge on any atom is 0.308 e. The summed E-state index contributed by atoms with van der Waals surface area (Å²) in [5.41, 5.74) is 0. The Labute approximate surface area is 92.9 Å². The number of carbonyl (C=O) groups excluding carboxylic acids is 1. The van der Waals surface area contributed by atoms with Crippen LogP contribution in [0.2, 0.25) is 0 Å². The van der Waals surface area contributed by atoms with Crippen molar-refractivity contribution in [1.82, 2.24) is 9.88 Å². The lowest BCUT2D eigenvalue weighted by molar-refractivity contribution is -0.141. The van der Waals surface area contributed by atoms with Gasteiger partial charge in [-0.1, -0.05) is 6.92 Å². The molecule has 0 radical (unpaired) electrons. The molecule has 0 saturated heterocycles. The summed E-state index contributed by atoms with van der Waals surface area (Å²) in [5.74, 6) is -1.39. The van der Waals surface area contributed by atoms with Gasteiger partial charge in [-0.25, -0.2) is 4.98 Å². The number of hydrogen-bond acceptors (Lipinski definition) is 4. The van der Waals surface area contributed by atoms with Gasteiger partial charge < -0.3 is 14.4 Å². The minimum Gasteiger partial charge on any atom is -0.481 e. The maximum atomic E-state index is 11.7. The first-order valence-corrected chi connectivity index (χ1v) is 4.82. The predicted molar refractivity (Wildman–Crippen MR) is 55.0 cm³/mol. The van der Waals surface area contributed by atoms with Gasteiger partial charge in [-0.3, -0.25) is 9.59 Å². The van der Waals surface area contributed by atoms with Crippen LogP contribution in [0.25, 0.3) is 0 Å². The highest BCUT2D eigenvalue weighted by atomic mass is 16.4. The molecule has 1 amide bonds. The average Bonchev–Trinajstić information content (AvgIpc) is 2.63. The number of aryl methyl sites for hydroxylation is 1. The molecular formula is C10H14N2O4. The number of hydrogen-bond donors (Lipinski definition) is 1. The van der Waals surface area contributed by atoms with Crippen molar-refractivity contribution in [2.75, 3.05) is 13.6 Å². The molecule has 0 saturated carbocycles. The summed E-state index contributed by atoms with van der Waals surface area (Å²) in [5, 5.41) is 8.71. The van der Waals surface area contributed by atoms with Gasteiger partial charge in [0, 0.05) is 20.5 Å². The van der Waals surface area contributed by atoms with Gasteiger partial charge in [-0.2, -0.15) is 0 Å². The monoisotopic (exact) mass is 226 g/mol. The number of carboxylic acid groups (broad SMARTS) is 1. The van der Waals surface area contributed by atoms with E-state index in [-0.39, 0.29) is 18.2 Å². The van der Waals surface area contributed by atoms with E-state index in [1.54, 1.807) is 6.92 Å². The Morgan fingerprint density at radius 3 is 2.69 bits per heavy atom. The summed E-state index contributed by atoms with van der Waals surface area (Å²) in [4.78, 5) is 27.4. The Morgan fingerprint density at radius 1 is 1.62 bits per heavy atom. The van der Waals surface area contributed by atoms with Crippen molar-refractivity contribution in [2.45, 2.75) is 13.8 Å². The molecule has 1 unspecified atom stereocenters. The molecule has 0 bridgehead atoms. The molecule has 1 atom stereocenters. The number of aliphatic carboxylic acids is 1. The van der Waals surface area contributed by atoms with E-state index in [4.69, 9.17) is 9.52 Å². The standard InChI is InChI=1S/C10H14N2O4/c1-6(10(14)15)5-12(3)9(13)8-4-11-7(2)16-8/h4,6H,5H2,1-3H3,(H,14,15). The second-order valence-corrected chi connectivity index (χ2v) is 3.67. The van der Waals surface area contributed by atoms with Gasteiger partial charge in [0.1, 0.15) is 0 Å². The number of nitrogens with zero attached hydrogens (tertiary/aromatic N) is 2. The van der Waals surface area contributed by atoms with Crippen LogP contribution in [0.4, 0.5) is 0 Å². The molecule has 0 spiro atoms. The molecule has 16 heavy (non-hydrogen) atoms. The third-order valence-electron chi connectivity index (χ3n) is 2.15. The van der Waals surface area contributed by atoms with Crippen LogP contribution < -0.4 is 0 Å². The minimum absolute atomic E-state index is 0.123. The maximum absolute atomic E-state index is 11.7. The van der Waals surface area contributed by atoms with Crippen LogP contribution >= 0.6 is 0 Å². The fraction of sp³-hybridized carbons (Fsp3) is 0.500. The van der Waals surface area contributed by atoms with E-state index in [0.29, 0.717) is 5.89 Å². The lowest BCUT2D eigenvalue weighted by Crippen LogP contribution is -2.33. The smallest absolute Gasteiger partial charge is 0.308 e. The molecule has 1 rings (SSSR count). The molecule has 1 heterocycles. The van der Waals surface area contributed by atoms with Crippen molar-refractivity contribution in [2.24, 2.45) is 5.92 Å². The Bertz CT molecular complexity index is 399. The van der Waals surface area contributed by atoms with Crippen molar-refractivity contribution < 1.29 is 19.1 Å². The first kappa shape index (κ1) is 12.2. The molecule has 1 aromatic heterocycles. The SMILES string of the molecule is Cc1ncc(C(=O)N(C)CC(C)C(=O)O)o1. The molecule has 88 valence electrons. The molecule has 6 heteroatoms. The highest BCUT2D eigenvalue weighted by Gasteiger charge is 2.20. The highest BCUT2D eigenvalue weighted by Crippen LogP contribution is 2.07. The molecule has 0 aliphatic carbocycles. The molecule has 0 aliphatic heterocycles. The van der Waals surface area contributed by atoms with Crippen molar-refractivity contribution in [1.29, 1.82) is 0 Å². The average molecular weight is 226 g/mol. The summed E-state index contributed by atoms with van der Waals surface area (Å²) in [6, 6.07) is 0. The molecule has 0 fully saturated rings. The van der Waals surface area contributed by atoms with E-state index in [1.165, 1.54) is 25.1 Å². The van der Waals surface area contributed by atoms with Crippen molar-refractivity contribution in [3.05, 3.63) is 17.8 Å². The third kappa shape index (κ3) is 2.82. The van der Waals surface area contributed by atoms with Gasteiger partial charge in [0.15, 0.2) is 5.89 Å². The molecular weight excluding hydrogens is 212 g/mol. The fourth-order valence-electron chi connectivity index (χ4n) is 1.22. The lowest BCUT2D eigenvalue weighted by atomic mass is 10.2. The van der Waals surface area contributed by atoms with Crippen LogP contribution in [0, 0.1) is 12.8 Å². The van der Waals surface area contributed by atoms with Crippen LogP contribution in [0.3, 0.4) is 0 Å². The number of carbonyl (C=O) groups is 2. The summed E-state index contributed by atoms with van der Waals surface area (Å²) in [6.45, 7) is 3.31. The Kier molecular flexibility index (Phi) is 3.65. The van der Waals surface area contributed by atoms with Crippen LogP contribution in [-0.2, 0) is 4.79 Å². The molecule has 1 N–H and O–H groups in total. The highest BCUT2D eigenvalue weighted by molar-refractivity contribution is 5.91. The largest absolute Gasteiger partial charge is 0.481 e. The van der Waals surface area contributed by atoms with E-state index >= 15 is 0 Å². The van der Waals surface area contributed by atoms with E-state index < -0.39 is 11.9 Å². The molecule has 0 aromatic carbocycles. The van der Waals surface area contributed by atoms with E-state index in [9.17, 15) is 9.59 Å². The van der Waals surface area contributed by atoms with Gasteiger partial charge in [0.2, 0.25) is 5.76 Å². The number of oxazole rings is 1. The first-order chi connectivity index (χ1) is 7.41. The van der Waals surface area contributed by atoms with E-state index in [1.807, 2.05) is 0 Å². The molecule has 6 nitrogen and oxygen atoms in total. The Hall–Kier alpha value is -1.85. The van der Waals surface area contributed by atoms with E-state index in [0.717, 1.165) is 0 Å². The summed E-state index contributed by atoms with van der Waals surface area (Å²) in [6.07, 6.45) is 1.33. The van der Waals surface area contributed by atoms with Crippen LogP contribution in [0.5, 0.6) is 0 Å². The Balaban J connectivity index is 2.64. The first-order valence-electron chi connectivity index (χ1n) is 4.82. The summed E-state index contributed by atoms with van der Waals surface area (Å²) in [7, 11) is 1.53. The normalized spacial score (nSPS) is 12.2. The topological polar surface area (TPSA) is 83.6 Å². The number of carboxylic acids is 1. The molecule has 1 aromatic rings. The zero-order valence-electron chi connectivity index (χ0n) is 9.43. The van der Waals surface area contributed by atoms with Gasteiger partial charge in [0.05, 0.1) is 12.1 Å². The van der Waals surface area contributed by atoms with Crippen molar-refractivity contribution in [3.8, 4) is 0 Å². The molecule has 0 aliphatic rings. The van der Waals surface area contributed by atoms with Crippen LogP contribution in [0.15, 0.2) is 10.6 Å². The van der Waals surface area contributed by atoms with Gasteiger partial charge in [-0.05, 0) is 0 Å². The zero-order valence-corrected chi connectivity index (χ0v) is 9.43. The lowest BCUT2D eigenvalue weighted by Gasteiger charge is -2.17. The number of rotatable bonds is 4. The van der Waals surface area contributed by atoms with Crippen LogP contribution in [-0.4, -0.2) is 40.5 Å². The van der Waals surface area contributed by atoms with Gasteiger partial charge in [0.25, 0.3) is 5.91 Å². The minimum atomic E-state index is -0.937. The number of amides is 1. The second kappa shape index (κ2) is 4.78. The van der Waals surface area contributed by atoms with Gasteiger partial charge in [-0.15, -0.1) is 0 Å². The summed E-state index contributed by atoms with van der Waals surface area (Å²) >= 11 is 0. The number of aromatic nitrogens is 1. The van der Waals surface area contributed by atoms with Crippen molar-refractivity contribution in [3.63, 3.8) is 0 Å². The predicted octanol–water partition coefficient (Wildman–Crippen LogP) is 0.776. The van der Waals surface area contributed by atoms with Crippen LogP contribution in [0.1, 0.15) is 23.4 Å². The third-order valence-corrected chi connectivity index (χ3v) is 2.15. The van der Waals surface area contributed by atoms with E-state index in [2.05, 4.69) is 4.98 Å².